The SMILES string of the molecule is CCSc1ccc(C(=O)N2CCNCC2)cn1. The van der Waals surface area contributed by atoms with Gasteiger partial charge < -0.3 is 10.2 Å². The Labute approximate surface area is 106 Å². The van der Waals surface area contributed by atoms with Gasteiger partial charge in [0.05, 0.1) is 10.6 Å². The maximum absolute atomic E-state index is 12.1. The Bertz CT molecular complexity index is 374. The topological polar surface area (TPSA) is 45.2 Å². The fourth-order valence-corrected chi connectivity index (χ4v) is 2.38. The second-order valence-corrected chi connectivity index (χ2v) is 5.14. The van der Waals surface area contributed by atoms with Crippen LogP contribution in [0.1, 0.15) is 17.3 Å². The standard InChI is InChI=1S/C12H17N3OS/c1-2-17-11-4-3-10(9-14-11)12(16)15-7-5-13-6-8-15/h3-4,9,13H,2,5-8H2,1H3. The van der Waals surface area contributed by atoms with E-state index in [-0.39, 0.29) is 5.91 Å². The smallest absolute Gasteiger partial charge is 0.255 e. The van der Waals surface area contributed by atoms with Crippen LogP contribution in [0.2, 0.25) is 0 Å². The summed E-state index contributed by atoms with van der Waals surface area (Å²) in [5.74, 6) is 1.09. The van der Waals surface area contributed by atoms with E-state index >= 15 is 0 Å². The Morgan fingerprint density at radius 3 is 2.82 bits per heavy atom. The Morgan fingerprint density at radius 1 is 1.47 bits per heavy atom. The number of amides is 1. The van der Waals surface area contributed by atoms with E-state index < -0.39 is 0 Å². The molecule has 1 aliphatic rings. The molecule has 1 aliphatic heterocycles. The normalized spacial score (nSPS) is 15.9. The van der Waals surface area contributed by atoms with Crippen molar-refractivity contribution >= 4 is 17.7 Å². The molecule has 0 atom stereocenters. The number of carbonyl (C=O) groups excluding carboxylic acids is 1. The van der Waals surface area contributed by atoms with Gasteiger partial charge in [-0.15, -0.1) is 11.8 Å². The Balaban J connectivity index is 2.03. The highest BCUT2D eigenvalue weighted by molar-refractivity contribution is 7.99. The van der Waals surface area contributed by atoms with Crippen LogP contribution in [0.15, 0.2) is 23.4 Å². The van der Waals surface area contributed by atoms with Crippen LogP contribution >= 0.6 is 11.8 Å². The van der Waals surface area contributed by atoms with Crippen molar-refractivity contribution in [3.8, 4) is 0 Å². The van der Waals surface area contributed by atoms with E-state index in [2.05, 4.69) is 17.2 Å². The van der Waals surface area contributed by atoms with E-state index in [0.717, 1.165) is 37.0 Å². The molecule has 17 heavy (non-hydrogen) atoms. The first-order chi connectivity index (χ1) is 8.31. The quantitative estimate of drug-likeness (QED) is 0.821. The number of aromatic nitrogens is 1. The molecule has 0 bridgehead atoms. The Morgan fingerprint density at radius 2 is 2.24 bits per heavy atom. The lowest BCUT2D eigenvalue weighted by Gasteiger charge is -2.27. The molecule has 0 saturated carbocycles. The number of nitrogens with one attached hydrogen (secondary N) is 1. The number of hydrogen-bond acceptors (Lipinski definition) is 4. The molecule has 5 heteroatoms. The van der Waals surface area contributed by atoms with Crippen LogP contribution in [0.3, 0.4) is 0 Å². The molecule has 0 aliphatic carbocycles. The number of hydrogen-bond donors (Lipinski definition) is 1. The highest BCUT2D eigenvalue weighted by atomic mass is 32.2. The van der Waals surface area contributed by atoms with Crippen molar-refractivity contribution < 1.29 is 4.79 Å². The molecule has 0 unspecified atom stereocenters. The molecule has 0 radical (unpaired) electrons. The summed E-state index contributed by atoms with van der Waals surface area (Å²) >= 11 is 1.69. The van der Waals surface area contributed by atoms with Crippen LogP contribution < -0.4 is 5.32 Å². The van der Waals surface area contributed by atoms with Gasteiger partial charge in [-0.05, 0) is 17.9 Å². The van der Waals surface area contributed by atoms with Crippen LogP contribution in [0.25, 0.3) is 0 Å². The lowest BCUT2D eigenvalue weighted by molar-refractivity contribution is 0.0735. The average molecular weight is 251 g/mol. The predicted molar refractivity (Wildman–Crippen MR) is 69.4 cm³/mol. The Hall–Kier alpha value is -1.07. The van der Waals surface area contributed by atoms with Gasteiger partial charge in [0.2, 0.25) is 0 Å². The van der Waals surface area contributed by atoms with Gasteiger partial charge in [-0.1, -0.05) is 6.92 Å². The molecule has 92 valence electrons. The molecule has 1 aromatic heterocycles. The van der Waals surface area contributed by atoms with Crippen molar-refractivity contribution in [3.63, 3.8) is 0 Å². The van der Waals surface area contributed by atoms with E-state index in [1.165, 1.54) is 0 Å². The molecule has 1 aromatic rings. The molecule has 0 spiro atoms. The minimum absolute atomic E-state index is 0.0899. The van der Waals surface area contributed by atoms with E-state index in [1.54, 1.807) is 18.0 Å². The highest BCUT2D eigenvalue weighted by Crippen LogP contribution is 2.15. The number of rotatable bonds is 3. The number of nitrogens with zero attached hydrogens (tertiary/aromatic N) is 2. The largest absolute Gasteiger partial charge is 0.336 e. The zero-order valence-electron chi connectivity index (χ0n) is 9.98. The second-order valence-electron chi connectivity index (χ2n) is 3.86. The van der Waals surface area contributed by atoms with Gasteiger partial charge in [0.1, 0.15) is 0 Å². The van der Waals surface area contributed by atoms with Crippen LogP contribution in [0.5, 0.6) is 0 Å². The van der Waals surface area contributed by atoms with E-state index in [0.29, 0.717) is 5.56 Å². The molecule has 4 nitrogen and oxygen atoms in total. The summed E-state index contributed by atoms with van der Waals surface area (Å²) in [5, 5.41) is 4.21. The summed E-state index contributed by atoms with van der Waals surface area (Å²) in [7, 11) is 0. The minimum Gasteiger partial charge on any atom is -0.336 e. The fraction of sp³-hybridized carbons (Fsp3) is 0.500. The molecule has 1 amide bonds. The van der Waals surface area contributed by atoms with Crippen molar-refractivity contribution in [1.82, 2.24) is 15.2 Å². The molecule has 2 rings (SSSR count). The van der Waals surface area contributed by atoms with Gasteiger partial charge in [0.15, 0.2) is 0 Å². The second kappa shape index (κ2) is 6.02. The first-order valence-electron chi connectivity index (χ1n) is 5.90. The van der Waals surface area contributed by atoms with Gasteiger partial charge >= 0.3 is 0 Å². The summed E-state index contributed by atoms with van der Waals surface area (Å²) in [4.78, 5) is 18.3. The summed E-state index contributed by atoms with van der Waals surface area (Å²) < 4.78 is 0. The average Bonchev–Trinajstić information content (AvgIpc) is 2.40. The van der Waals surface area contributed by atoms with E-state index in [4.69, 9.17) is 0 Å². The fourth-order valence-electron chi connectivity index (χ4n) is 1.79. The first-order valence-corrected chi connectivity index (χ1v) is 6.88. The molecule has 1 fully saturated rings. The minimum atomic E-state index is 0.0899. The molecule has 1 saturated heterocycles. The molecule has 0 aromatic carbocycles. The zero-order chi connectivity index (χ0) is 12.1. The van der Waals surface area contributed by atoms with Crippen LogP contribution in [-0.2, 0) is 0 Å². The van der Waals surface area contributed by atoms with Gasteiger partial charge in [-0.25, -0.2) is 4.98 Å². The van der Waals surface area contributed by atoms with Crippen molar-refractivity contribution in [1.29, 1.82) is 0 Å². The third-order valence-corrected chi connectivity index (χ3v) is 3.51. The van der Waals surface area contributed by atoms with Crippen LogP contribution in [0, 0.1) is 0 Å². The highest BCUT2D eigenvalue weighted by Gasteiger charge is 2.17. The van der Waals surface area contributed by atoms with Gasteiger partial charge in [0.25, 0.3) is 5.91 Å². The lowest BCUT2D eigenvalue weighted by atomic mass is 10.2. The van der Waals surface area contributed by atoms with Crippen LogP contribution in [0.4, 0.5) is 0 Å². The van der Waals surface area contributed by atoms with Crippen molar-refractivity contribution in [2.45, 2.75) is 11.9 Å². The molecular formula is C12H17N3OS. The zero-order valence-corrected chi connectivity index (χ0v) is 10.8. The van der Waals surface area contributed by atoms with Gasteiger partial charge in [0, 0.05) is 32.4 Å². The summed E-state index contributed by atoms with van der Waals surface area (Å²) in [6.45, 7) is 5.41. The Kier molecular flexibility index (Phi) is 4.39. The predicted octanol–water partition coefficient (Wildman–Crippen LogP) is 1.24. The maximum Gasteiger partial charge on any atom is 0.255 e. The number of carbonyl (C=O) groups is 1. The maximum atomic E-state index is 12.1. The third-order valence-electron chi connectivity index (χ3n) is 2.68. The number of pyridine rings is 1. The van der Waals surface area contributed by atoms with Crippen molar-refractivity contribution in [3.05, 3.63) is 23.9 Å². The summed E-state index contributed by atoms with van der Waals surface area (Å²) in [5.41, 5.74) is 0.687. The third kappa shape index (κ3) is 3.20. The molecule has 1 N–H and O–H groups in total. The van der Waals surface area contributed by atoms with E-state index in [1.807, 2.05) is 17.0 Å². The number of thioether (sulfide) groups is 1. The van der Waals surface area contributed by atoms with E-state index in [9.17, 15) is 4.79 Å². The first kappa shape index (κ1) is 12.4. The van der Waals surface area contributed by atoms with Crippen molar-refractivity contribution in [2.24, 2.45) is 0 Å². The van der Waals surface area contributed by atoms with Crippen LogP contribution in [-0.4, -0.2) is 47.7 Å². The number of piperazine rings is 1. The monoisotopic (exact) mass is 251 g/mol. The van der Waals surface area contributed by atoms with Crippen molar-refractivity contribution in [2.75, 3.05) is 31.9 Å². The van der Waals surface area contributed by atoms with Gasteiger partial charge in [-0.3, -0.25) is 4.79 Å². The molecular weight excluding hydrogens is 234 g/mol. The summed E-state index contributed by atoms with van der Waals surface area (Å²) in [6, 6.07) is 3.79. The molecule has 2 heterocycles. The van der Waals surface area contributed by atoms with Gasteiger partial charge in [-0.2, -0.15) is 0 Å². The lowest BCUT2D eigenvalue weighted by Crippen LogP contribution is -2.46. The summed E-state index contributed by atoms with van der Waals surface area (Å²) in [6.07, 6.45) is 1.68.